The van der Waals surface area contributed by atoms with Gasteiger partial charge in [-0.15, -0.1) is 0 Å². The van der Waals surface area contributed by atoms with E-state index in [1.165, 1.54) is 0 Å². The van der Waals surface area contributed by atoms with Crippen LogP contribution in [0.4, 0.5) is 0 Å². The summed E-state index contributed by atoms with van der Waals surface area (Å²) in [7, 11) is 0. The van der Waals surface area contributed by atoms with Crippen LogP contribution in [0.15, 0.2) is 143 Å². The van der Waals surface area contributed by atoms with Crippen molar-refractivity contribution in [1.29, 1.82) is 0 Å². The fourth-order valence-electron chi connectivity index (χ4n) is 4.52. The Morgan fingerprint density at radius 3 is 1.59 bits per heavy atom. The third kappa shape index (κ3) is 6.48. The van der Waals surface area contributed by atoms with Gasteiger partial charge in [-0.25, -0.2) is 4.79 Å². The molecule has 0 aliphatic carbocycles. The Labute approximate surface area is 238 Å². The normalized spacial score (nSPS) is 10.8. The molecule has 6 aromatic rings. The van der Waals surface area contributed by atoms with Crippen molar-refractivity contribution < 1.29 is 18.6 Å². The van der Waals surface area contributed by atoms with E-state index in [0.717, 1.165) is 22.1 Å². The number of hydrogen-bond donors (Lipinski definition) is 0. The summed E-state index contributed by atoms with van der Waals surface area (Å²) in [5.41, 5.74) is 4.18. The third-order valence-electron chi connectivity index (χ3n) is 6.68. The van der Waals surface area contributed by atoms with Crippen LogP contribution in [0.3, 0.4) is 0 Å². The fraction of sp³-hybridized carbons (Fsp3) is 0.0833. The molecule has 202 valence electrons. The second-order valence-corrected chi connectivity index (χ2v) is 9.63. The average molecular weight is 541 g/mol. The molecule has 0 aliphatic heterocycles. The van der Waals surface area contributed by atoms with Crippen molar-refractivity contribution in [2.45, 2.75) is 19.8 Å². The maximum atomic E-state index is 13.3. The molecule has 0 saturated heterocycles. The first-order valence-electron chi connectivity index (χ1n) is 13.4. The van der Waals surface area contributed by atoms with E-state index in [9.17, 15) is 4.79 Å². The molecule has 41 heavy (non-hydrogen) atoms. The van der Waals surface area contributed by atoms with Crippen LogP contribution in [0.2, 0.25) is 0 Å². The largest absolute Gasteiger partial charge is 0.489 e. The topological polar surface area (TPSA) is 57.9 Å². The molecule has 0 bridgehead atoms. The molecule has 5 nitrogen and oxygen atoms in total. The molecule has 5 heteroatoms. The SMILES string of the molecule is O=c1oc2cc(OCc3ccccc3)ccc2cc1-c1ccc(OCc2ccccc2)cc1OCc1ccccc1. The molecule has 0 saturated carbocycles. The summed E-state index contributed by atoms with van der Waals surface area (Å²) >= 11 is 0. The number of fused-ring (bicyclic) bond motifs is 1. The molecular weight excluding hydrogens is 512 g/mol. The predicted octanol–water partition coefficient (Wildman–Crippen LogP) is 8.20. The second kappa shape index (κ2) is 12.3. The highest BCUT2D eigenvalue weighted by molar-refractivity contribution is 5.84. The molecule has 1 heterocycles. The third-order valence-corrected chi connectivity index (χ3v) is 6.68. The highest BCUT2D eigenvalue weighted by Gasteiger charge is 2.15. The van der Waals surface area contributed by atoms with Gasteiger partial charge in [-0.1, -0.05) is 91.0 Å². The zero-order valence-electron chi connectivity index (χ0n) is 22.4. The minimum Gasteiger partial charge on any atom is -0.489 e. The predicted molar refractivity (Wildman–Crippen MR) is 160 cm³/mol. The molecule has 0 aliphatic rings. The quantitative estimate of drug-likeness (QED) is 0.164. The zero-order chi connectivity index (χ0) is 27.9. The molecule has 0 N–H and O–H groups in total. The van der Waals surface area contributed by atoms with Crippen LogP contribution >= 0.6 is 0 Å². The molecule has 0 radical (unpaired) electrons. The van der Waals surface area contributed by atoms with Gasteiger partial charge in [0.1, 0.15) is 42.7 Å². The van der Waals surface area contributed by atoms with Gasteiger partial charge in [0.2, 0.25) is 0 Å². The maximum absolute atomic E-state index is 13.3. The van der Waals surface area contributed by atoms with E-state index in [2.05, 4.69) is 0 Å². The van der Waals surface area contributed by atoms with E-state index < -0.39 is 5.63 Å². The highest BCUT2D eigenvalue weighted by atomic mass is 16.5. The van der Waals surface area contributed by atoms with Gasteiger partial charge in [0, 0.05) is 23.1 Å². The highest BCUT2D eigenvalue weighted by Crippen LogP contribution is 2.34. The smallest absolute Gasteiger partial charge is 0.344 e. The Morgan fingerprint density at radius 2 is 1.00 bits per heavy atom. The van der Waals surface area contributed by atoms with Gasteiger partial charge < -0.3 is 18.6 Å². The van der Waals surface area contributed by atoms with Crippen LogP contribution in [0.25, 0.3) is 22.1 Å². The van der Waals surface area contributed by atoms with Crippen LogP contribution in [0.5, 0.6) is 17.2 Å². The van der Waals surface area contributed by atoms with Gasteiger partial charge in [0.05, 0.1) is 5.56 Å². The summed E-state index contributed by atoms with van der Waals surface area (Å²) in [6.45, 7) is 1.19. The minimum atomic E-state index is -0.458. The summed E-state index contributed by atoms with van der Waals surface area (Å²) < 4.78 is 24.0. The lowest BCUT2D eigenvalue weighted by molar-refractivity contribution is 0.290. The van der Waals surface area contributed by atoms with E-state index in [4.69, 9.17) is 18.6 Å². The molecule has 6 rings (SSSR count). The van der Waals surface area contributed by atoms with Crippen LogP contribution < -0.4 is 19.8 Å². The van der Waals surface area contributed by atoms with Gasteiger partial charge in [-0.2, -0.15) is 0 Å². The molecule has 0 fully saturated rings. The van der Waals surface area contributed by atoms with E-state index in [1.54, 1.807) is 6.07 Å². The first kappa shape index (κ1) is 26.0. The van der Waals surface area contributed by atoms with Gasteiger partial charge in [-0.05, 0) is 47.0 Å². The number of benzene rings is 5. The lowest BCUT2D eigenvalue weighted by atomic mass is 10.0. The van der Waals surface area contributed by atoms with Crippen molar-refractivity contribution in [2.24, 2.45) is 0 Å². The van der Waals surface area contributed by atoms with Crippen LogP contribution in [-0.2, 0) is 19.8 Å². The summed E-state index contributed by atoms with van der Waals surface area (Å²) in [5.74, 6) is 1.81. The lowest BCUT2D eigenvalue weighted by Gasteiger charge is -2.14. The molecule has 0 amide bonds. The fourth-order valence-corrected chi connectivity index (χ4v) is 4.52. The molecule has 0 spiro atoms. The maximum Gasteiger partial charge on any atom is 0.344 e. The monoisotopic (exact) mass is 540 g/mol. The van der Waals surface area contributed by atoms with Crippen molar-refractivity contribution in [3.05, 3.63) is 161 Å². The Kier molecular flexibility index (Phi) is 7.77. The number of ether oxygens (including phenoxy) is 3. The summed E-state index contributed by atoms with van der Waals surface area (Å²) in [6, 6.07) is 42.6. The lowest BCUT2D eigenvalue weighted by Crippen LogP contribution is -2.06. The molecule has 0 atom stereocenters. The van der Waals surface area contributed by atoms with Crippen LogP contribution in [0, 0.1) is 0 Å². The summed E-state index contributed by atoms with van der Waals surface area (Å²) in [6.07, 6.45) is 0. The van der Waals surface area contributed by atoms with Crippen molar-refractivity contribution in [2.75, 3.05) is 0 Å². The Bertz CT molecular complexity index is 1800. The van der Waals surface area contributed by atoms with E-state index >= 15 is 0 Å². The molecule has 5 aromatic carbocycles. The van der Waals surface area contributed by atoms with Crippen molar-refractivity contribution in [3.8, 4) is 28.4 Å². The zero-order valence-corrected chi connectivity index (χ0v) is 22.4. The molecule has 0 unspecified atom stereocenters. The first-order chi connectivity index (χ1) is 20.2. The number of hydrogen-bond acceptors (Lipinski definition) is 5. The van der Waals surface area contributed by atoms with Gasteiger partial charge >= 0.3 is 5.63 Å². The molecular formula is C36H28O5. The standard InChI is InChI=1S/C36H28O5/c37-36-33(20-29-16-17-30(21-34(29)41-36)38-23-26-10-4-1-5-11-26)32-19-18-31(39-24-27-12-6-2-7-13-27)22-35(32)40-25-28-14-8-3-9-15-28/h1-22H,23-25H2. The second-order valence-electron chi connectivity index (χ2n) is 9.63. The van der Waals surface area contributed by atoms with Gasteiger partial charge in [-0.3, -0.25) is 0 Å². The molecule has 1 aromatic heterocycles. The van der Waals surface area contributed by atoms with Gasteiger partial charge in [0.15, 0.2) is 0 Å². The Hall–Kier alpha value is -5.29. The van der Waals surface area contributed by atoms with Gasteiger partial charge in [0.25, 0.3) is 0 Å². The Morgan fingerprint density at radius 1 is 0.488 bits per heavy atom. The Balaban J connectivity index is 1.29. The van der Waals surface area contributed by atoms with Crippen molar-refractivity contribution >= 4 is 11.0 Å². The summed E-state index contributed by atoms with van der Waals surface area (Å²) in [5, 5.41) is 0.782. The minimum absolute atomic E-state index is 0.344. The van der Waals surface area contributed by atoms with Crippen molar-refractivity contribution in [1.82, 2.24) is 0 Å². The first-order valence-corrected chi connectivity index (χ1v) is 13.4. The van der Waals surface area contributed by atoms with E-state index in [1.807, 2.05) is 127 Å². The number of rotatable bonds is 10. The van der Waals surface area contributed by atoms with Crippen molar-refractivity contribution in [3.63, 3.8) is 0 Å². The van der Waals surface area contributed by atoms with E-state index in [0.29, 0.717) is 53.8 Å². The van der Waals surface area contributed by atoms with Crippen LogP contribution in [0.1, 0.15) is 16.7 Å². The average Bonchev–Trinajstić information content (AvgIpc) is 3.03. The van der Waals surface area contributed by atoms with E-state index in [-0.39, 0.29) is 0 Å². The summed E-state index contributed by atoms with van der Waals surface area (Å²) in [4.78, 5) is 13.3. The van der Waals surface area contributed by atoms with Crippen LogP contribution in [-0.4, -0.2) is 0 Å².